The number of fused-ring (bicyclic) bond motifs is 2. The second kappa shape index (κ2) is 3.79. The summed E-state index contributed by atoms with van der Waals surface area (Å²) >= 11 is 0. The van der Waals surface area contributed by atoms with Crippen molar-refractivity contribution in [2.45, 2.75) is 32.1 Å². The predicted octanol–water partition coefficient (Wildman–Crippen LogP) is 1.53. The van der Waals surface area contributed by atoms with Gasteiger partial charge in [-0.1, -0.05) is 13.8 Å². The zero-order valence-electron chi connectivity index (χ0n) is 10.7. The maximum atomic E-state index is 10.2. The summed E-state index contributed by atoms with van der Waals surface area (Å²) in [7, 11) is 0. The van der Waals surface area contributed by atoms with Gasteiger partial charge in [0.05, 0.1) is 19.8 Å². The lowest BCUT2D eigenvalue weighted by Gasteiger charge is -2.27. The lowest BCUT2D eigenvalue weighted by atomic mass is 9.79. The van der Waals surface area contributed by atoms with E-state index in [-0.39, 0.29) is 17.8 Å². The average molecular weight is 250 g/mol. The standard InChI is InChI=1S/C14H18O4/c1-14(2,7-15)10-8-3-5-18-13(8)11(16)9-4-6-17-12(9)10/h15-16H,3-7H2,1-2H3. The highest BCUT2D eigenvalue weighted by Gasteiger charge is 2.37. The van der Waals surface area contributed by atoms with Crippen molar-refractivity contribution in [2.75, 3.05) is 19.8 Å². The van der Waals surface area contributed by atoms with E-state index in [0.717, 1.165) is 28.9 Å². The third kappa shape index (κ3) is 1.42. The van der Waals surface area contributed by atoms with E-state index < -0.39 is 0 Å². The molecule has 4 nitrogen and oxygen atoms in total. The van der Waals surface area contributed by atoms with Gasteiger partial charge in [-0.2, -0.15) is 0 Å². The Hall–Kier alpha value is -1.42. The molecule has 0 amide bonds. The highest BCUT2D eigenvalue weighted by atomic mass is 16.5. The Morgan fingerprint density at radius 3 is 2.33 bits per heavy atom. The topological polar surface area (TPSA) is 58.9 Å². The first-order valence-electron chi connectivity index (χ1n) is 6.34. The fourth-order valence-corrected chi connectivity index (χ4v) is 2.88. The first-order valence-corrected chi connectivity index (χ1v) is 6.34. The SMILES string of the molecule is CC(C)(CO)c1c2c(c(O)c3c1OCC3)OCC2. The maximum absolute atomic E-state index is 10.2. The molecule has 0 atom stereocenters. The van der Waals surface area contributed by atoms with Gasteiger partial charge >= 0.3 is 0 Å². The van der Waals surface area contributed by atoms with Crippen LogP contribution >= 0.6 is 0 Å². The van der Waals surface area contributed by atoms with Crippen LogP contribution in [0, 0.1) is 0 Å². The Morgan fingerprint density at radius 2 is 1.67 bits per heavy atom. The van der Waals surface area contributed by atoms with Gasteiger partial charge in [-0.3, -0.25) is 0 Å². The quantitative estimate of drug-likeness (QED) is 0.835. The fourth-order valence-electron chi connectivity index (χ4n) is 2.88. The third-order valence-electron chi connectivity index (χ3n) is 3.85. The molecule has 1 aromatic rings. The highest BCUT2D eigenvalue weighted by molar-refractivity contribution is 5.66. The van der Waals surface area contributed by atoms with E-state index in [0.29, 0.717) is 25.4 Å². The molecular formula is C14H18O4. The Bertz CT molecular complexity index is 470. The molecule has 0 spiro atoms. The summed E-state index contributed by atoms with van der Waals surface area (Å²) in [6, 6.07) is 0. The number of ether oxygens (including phenoxy) is 2. The molecule has 0 radical (unpaired) electrons. The number of phenolic OH excluding ortho intramolecular Hbond substituents is 1. The molecule has 18 heavy (non-hydrogen) atoms. The molecule has 0 fully saturated rings. The van der Waals surface area contributed by atoms with Gasteiger partial charge in [0.1, 0.15) is 5.75 Å². The van der Waals surface area contributed by atoms with Gasteiger partial charge < -0.3 is 19.7 Å². The largest absolute Gasteiger partial charge is 0.504 e. The van der Waals surface area contributed by atoms with Crippen molar-refractivity contribution >= 4 is 0 Å². The molecular weight excluding hydrogens is 232 g/mol. The van der Waals surface area contributed by atoms with E-state index in [4.69, 9.17) is 9.47 Å². The highest BCUT2D eigenvalue weighted by Crippen LogP contribution is 2.51. The van der Waals surface area contributed by atoms with E-state index in [9.17, 15) is 10.2 Å². The van der Waals surface area contributed by atoms with Crippen LogP contribution in [-0.4, -0.2) is 30.0 Å². The molecule has 0 saturated heterocycles. The second-order valence-electron chi connectivity index (χ2n) is 5.58. The molecule has 0 bridgehead atoms. The Labute approximate surface area is 106 Å². The van der Waals surface area contributed by atoms with Crippen LogP contribution in [-0.2, 0) is 18.3 Å². The molecule has 98 valence electrons. The summed E-state index contributed by atoms with van der Waals surface area (Å²) < 4.78 is 11.2. The number of hydrogen-bond donors (Lipinski definition) is 2. The van der Waals surface area contributed by atoms with Crippen molar-refractivity contribution in [2.24, 2.45) is 0 Å². The molecule has 4 heteroatoms. The number of benzene rings is 1. The van der Waals surface area contributed by atoms with Gasteiger partial charge in [-0.15, -0.1) is 0 Å². The average Bonchev–Trinajstić information content (AvgIpc) is 2.97. The van der Waals surface area contributed by atoms with Gasteiger partial charge in [-0.25, -0.2) is 0 Å². The van der Waals surface area contributed by atoms with Crippen LogP contribution in [0.1, 0.15) is 30.5 Å². The smallest absolute Gasteiger partial charge is 0.165 e. The minimum absolute atomic E-state index is 0.0417. The summed E-state index contributed by atoms with van der Waals surface area (Å²) in [5, 5.41) is 19.8. The van der Waals surface area contributed by atoms with Gasteiger partial charge in [-0.05, 0) is 0 Å². The molecule has 0 saturated carbocycles. The van der Waals surface area contributed by atoms with Crippen LogP contribution in [0.25, 0.3) is 0 Å². The third-order valence-corrected chi connectivity index (χ3v) is 3.85. The predicted molar refractivity (Wildman–Crippen MR) is 66.6 cm³/mol. The first-order chi connectivity index (χ1) is 8.56. The van der Waals surface area contributed by atoms with Gasteiger partial charge in [0, 0.05) is 34.9 Å². The summed E-state index contributed by atoms with van der Waals surface area (Å²) in [6.07, 6.45) is 1.46. The van der Waals surface area contributed by atoms with Crippen molar-refractivity contribution in [3.63, 3.8) is 0 Å². The molecule has 1 aromatic carbocycles. The first kappa shape index (κ1) is 11.7. The lowest BCUT2D eigenvalue weighted by Crippen LogP contribution is -2.24. The van der Waals surface area contributed by atoms with Crippen molar-refractivity contribution in [1.82, 2.24) is 0 Å². The second-order valence-corrected chi connectivity index (χ2v) is 5.58. The van der Waals surface area contributed by atoms with E-state index >= 15 is 0 Å². The molecule has 2 aliphatic rings. The van der Waals surface area contributed by atoms with Crippen LogP contribution < -0.4 is 9.47 Å². The van der Waals surface area contributed by atoms with E-state index in [1.165, 1.54) is 0 Å². The minimum Gasteiger partial charge on any atom is -0.504 e. The molecule has 2 aliphatic heterocycles. The maximum Gasteiger partial charge on any atom is 0.165 e. The van der Waals surface area contributed by atoms with E-state index in [1.54, 1.807) is 0 Å². The number of aliphatic hydroxyl groups is 1. The molecule has 2 heterocycles. The zero-order chi connectivity index (χ0) is 12.9. The summed E-state index contributed by atoms with van der Waals surface area (Å²) in [4.78, 5) is 0. The van der Waals surface area contributed by atoms with Gasteiger partial charge in [0.25, 0.3) is 0 Å². The molecule has 0 unspecified atom stereocenters. The summed E-state index contributed by atoms with van der Waals surface area (Å²) in [5.41, 5.74) is 2.43. The number of rotatable bonds is 2. The van der Waals surface area contributed by atoms with E-state index in [2.05, 4.69) is 0 Å². The Kier molecular flexibility index (Phi) is 2.45. The van der Waals surface area contributed by atoms with Crippen LogP contribution in [0.4, 0.5) is 0 Å². The molecule has 3 rings (SSSR count). The van der Waals surface area contributed by atoms with Gasteiger partial charge in [0.2, 0.25) is 0 Å². The number of aliphatic hydroxyl groups excluding tert-OH is 1. The number of phenols is 1. The fraction of sp³-hybridized carbons (Fsp3) is 0.571. The normalized spacial score (nSPS) is 17.1. The molecule has 2 N–H and O–H groups in total. The summed E-state index contributed by atoms with van der Waals surface area (Å²) in [6.45, 7) is 5.18. The van der Waals surface area contributed by atoms with Crippen molar-refractivity contribution in [3.05, 3.63) is 16.7 Å². The lowest BCUT2D eigenvalue weighted by molar-refractivity contribution is 0.213. The van der Waals surface area contributed by atoms with Crippen LogP contribution in [0.5, 0.6) is 17.2 Å². The van der Waals surface area contributed by atoms with E-state index in [1.807, 2.05) is 13.8 Å². The zero-order valence-corrected chi connectivity index (χ0v) is 10.7. The Morgan fingerprint density at radius 1 is 1.06 bits per heavy atom. The van der Waals surface area contributed by atoms with Crippen LogP contribution in [0.3, 0.4) is 0 Å². The summed E-state index contributed by atoms with van der Waals surface area (Å²) in [5.74, 6) is 1.58. The number of hydrogen-bond acceptors (Lipinski definition) is 4. The van der Waals surface area contributed by atoms with Crippen molar-refractivity contribution in [3.8, 4) is 17.2 Å². The van der Waals surface area contributed by atoms with Gasteiger partial charge in [0.15, 0.2) is 11.5 Å². The van der Waals surface area contributed by atoms with Crippen molar-refractivity contribution < 1.29 is 19.7 Å². The molecule has 0 aliphatic carbocycles. The minimum atomic E-state index is -0.389. The van der Waals surface area contributed by atoms with Crippen LogP contribution in [0.2, 0.25) is 0 Å². The molecule has 0 aromatic heterocycles. The monoisotopic (exact) mass is 250 g/mol. The Balaban J connectivity index is 2.31. The van der Waals surface area contributed by atoms with Crippen LogP contribution in [0.15, 0.2) is 0 Å². The van der Waals surface area contributed by atoms with Crippen molar-refractivity contribution in [1.29, 1.82) is 0 Å². The number of aromatic hydroxyl groups is 1.